The number of halogens is 1. The Morgan fingerprint density at radius 2 is 1.74 bits per heavy atom. The summed E-state index contributed by atoms with van der Waals surface area (Å²) < 4.78 is 9.95. The first-order valence-corrected chi connectivity index (χ1v) is 8.12. The third kappa shape index (κ3) is 3.61. The fourth-order valence-corrected chi connectivity index (χ4v) is 3.21. The van der Waals surface area contributed by atoms with Gasteiger partial charge in [0.1, 0.15) is 4.83 Å². The highest BCUT2D eigenvalue weighted by Crippen LogP contribution is 2.23. The molecule has 23 heavy (non-hydrogen) atoms. The van der Waals surface area contributed by atoms with Crippen LogP contribution in [0.25, 0.3) is 0 Å². The van der Waals surface area contributed by atoms with Crippen LogP contribution >= 0.6 is 15.9 Å². The number of imide groups is 1. The van der Waals surface area contributed by atoms with E-state index in [4.69, 9.17) is 4.74 Å². The van der Waals surface area contributed by atoms with Crippen LogP contribution in [0.2, 0.25) is 0 Å². The van der Waals surface area contributed by atoms with E-state index in [0.717, 1.165) is 0 Å². The molecule has 1 aromatic rings. The fourth-order valence-electron chi connectivity index (χ4n) is 2.54. The van der Waals surface area contributed by atoms with Gasteiger partial charge in [0, 0.05) is 13.7 Å². The summed E-state index contributed by atoms with van der Waals surface area (Å²) in [4.78, 5) is 36.6. The van der Waals surface area contributed by atoms with Crippen molar-refractivity contribution in [3.8, 4) is 0 Å². The molecule has 7 heteroatoms. The molecule has 0 aliphatic carbocycles. The quantitative estimate of drug-likeness (QED) is 0.409. The van der Waals surface area contributed by atoms with Gasteiger partial charge in [0.25, 0.3) is 11.8 Å². The number of carbonyl (C=O) groups is 3. The predicted octanol–water partition coefficient (Wildman–Crippen LogP) is 2.01. The molecule has 0 N–H and O–H groups in total. The Hall–Kier alpha value is -1.73. The van der Waals surface area contributed by atoms with E-state index in [1.54, 1.807) is 24.3 Å². The molecule has 0 radical (unpaired) electrons. The summed E-state index contributed by atoms with van der Waals surface area (Å²) in [5, 5.41) is 0. The molecular weight excluding hydrogens is 366 g/mol. The van der Waals surface area contributed by atoms with Crippen molar-refractivity contribution in [2.75, 3.05) is 20.8 Å². The van der Waals surface area contributed by atoms with Crippen molar-refractivity contribution >= 4 is 33.7 Å². The smallest absolute Gasteiger partial charge is 0.322 e. The zero-order valence-corrected chi connectivity index (χ0v) is 14.5. The fraction of sp³-hybridized carbons (Fsp3) is 0.438. The molecule has 0 saturated carbocycles. The van der Waals surface area contributed by atoms with Crippen LogP contribution in [0, 0.1) is 0 Å². The molecule has 2 atom stereocenters. The highest BCUT2D eigenvalue weighted by Gasteiger charge is 2.35. The minimum absolute atomic E-state index is 0.275. The van der Waals surface area contributed by atoms with Gasteiger partial charge < -0.3 is 9.47 Å². The molecule has 0 unspecified atom stereocenters. The average Bonchev–Trinajstić information content (AvgIpc) is 2.82. The Balaban J connectivity index is 1.93. The number of rotatable bonds is 7. The van der Waals surface area contributed by atoms with Gasteiger partial charge in [0.15, 0.2) is 0 Å². The van der Waals surface area contributed by atoms with Gasteiger partial charge in [-0.15, -0.1) is 0 Å². The lowest BCUT2D eigenvalue weighted by Crippen LogP contribution is -2.34. The van der Waals surface area contributed by atoms with Crippen LogP contribution in [0.5, 0.6) is 0 Å². The van der Waals surface area contributed by atoms with E-state index in [9.17, 15) is 14.4 Å². The normalized spacial score (nSPS) is 16.2. The standard InChI is InChI=1S/C16H18BrNO5/c1-22-12(13(17)16(21)23-2)8-5-9-18-14(19)10-6-3-4-7-11(10)15(18)20/h3-4,6-7,12-13H,5,8-9H2,1-2H3/t12-,13-/m0/s1. The second-order valence-corrected chi connectivity index (χ2v) is 6.14. The van der Waals surface area contributed by atoms with Gasteiger partial charge in [-0.3, -0.25) is 19.3 Å². The molecule has 1 aliphatic rings. The lowest BCUT2D eigenvalue weighted by Gasteiger charge is -2.20. The number of fused-ring (bicyclic) bond motifs is 1. The summed E-state index contributed by atoms with van der Waals surface area (Å²) in [5.74, 6) is -0.969. The van der Waals surface area contributed by atoms with E-state index < -0.39 is 16.9 Å². The predicted molar refractivity (Wildman–Crippen MR) is 86.6 cm³/mol. The SMILES string of the molecule is COC(=O)[C@@H](Br)[C@H](CCCN1C(=O)c2ccccc2C1=O)OC. The molecule has 0 spiro atoms. The van der Waals surface area contributed by atoms with Gasteiger partial charge in [-0.1, -0.05) is 28.1 Å². The number of amides is 2. The molecule has 0 bridgehead atoms. The van der Waals surface area contributed by atoms with E-state index in [1.165, 1.54) is 19.1 Å². The molecule has 2 rings (SSSR count). The molecule has 1 heterocycles. The van der Waals surface area contributed by atoms with Crippen LogP contribution in [0.1, 0.15) is 33.6 Å². The van der Waals surface area contributed by atoms with Gasteiger partial charge in [-0.05, 0) is 25.0 Å². The lowest BCUT2D eigenvalue weighted by atomic mass is 10.1. The number of alkyl halides is 1. The first-order chi connectivity index (χ1) is 11.0. The van der Waals surface area contributed by atoms with E-state index in [-0.39, 0.29) is 18.4 Å². The second-order valence-electron chi connectivity index (χ2n) is 5.15. The van der Waals surface area contributed by atoms with Crippen molar-refractivity contribution in [2.24, 2.45) is 0 Å². The maximum atomic E-state index is 12.2. The van der Waals surface area contributed by atoms with Crippen LogP contribution in [0.4, 0.5) is 0 Å². The van der Waals surface area contributed by atoms with E-state index in [0.29, 0.717) is 24.0 Å². The van der Waals surface area contributed by atoms with Crippen LogP contribution in [0.3, 0.4) is 0 Å². The number of ether oxygens (including phenoxy) is 2. The van der Waals surface area contributed by atoms with Gasteiger partial charge >= 0.3 is 5.97 Å². The topological polar surface area (TPSA) is 72.9 Å². The van der Waals surface area contributed by atoms with Crippen molar-refractivity contribution < 1.29 is 23.9 Å². The third-order valence-electron chi connectivity index (χ3n) is 3.80. The minimum atomic E-state index is -0.584. The Labute approximate surface area is 142 Å². The molecule has 0 fully saturated rings. The summed E-state index contributed by atoms with van der Waals surface area (Å²) in [7, 11) is 2.81. The van der Waals surface area contributed by atoms with Crippen molar-refractivity contribution in [2.45, 2.75) is 23.8 Å². The molecule has 0 aromatic heterocycles. The van der Waals surface area contributed by atoms with Crippen LogP contribution in [-0.4, -0.2) is 54.4 Å². The van der Waals surface area contributed by atoms with Gasteiger partial charge in [0.2, 0.25) is 0 Å². The van der Waals surface area contributed by atoms with Gasteiger partial charge in [-0.25, -0.2) is 0 Å². The Kier molecular flexibility index (Phi) is 5.90. The van der Waals surface area contributed by atoms with E-state index in [1.807, 2.05) is 0 Å². The first-order valence-electron chi connectivity index (χ1n) is 7.21. The first kappa shape index (κ1) is 17.6. The van der Waals surface area contributed by atoms with Crippen molar-refractivity contribution in [3.63, 3.8) is 0 Å². The highest BCUT2D eigenvalue weighted by molar-refractivity contribution is 9.10. The Morgan fingerprint density at radius 3 is 2.22 bits per heavy atom. The Morgan fingerprint density at radius 1 is 1.17 bits per heavy atom. The third-order valence-corrected chi connectivity index (χ3v) is 4.77. The van der Waals surface area contributed by atoms with Crippen LogP contribution in [-0.2, 0) is 14.3 Å². The summed E-state index contributed by atoms with van der Waals surface area (Å²) >= 11 is 3.24. The second kappa shape index (κ2) is 7.70. The number of methoxy groups -OCH3 is 2. The van der Waals surface area contributed by atoms with E-state index in [2.05, 4.69) is 20.7 Å². The van der Waals surface area contributed by atoms with Crippen LogP contribution in [0.15, 0.2) is 24.3 Å². The summed E-state index contributed by atoms with van der Waals surface area (Å²) in [5.41, 5.74) is 0.877. The number of hydrogen-bond acceptors (Lipinski definition) is 5. The summed E-state index contributed by atoms with van der Waals surface area (Å²) in [6.45, 7) is 0.285. The largest absolute Gasteiger partial charge is 0.468 e. The zero-order valence-electron chi connectivity index (χ0n) is 13.0. The average molecular weight is 384 g/mol. The zero-order chi connectivity index (χ0) is 17.0. The van der Waals surface area contributed by atoms with Crippen molar-refractivity contribution in [1.29, 1.82) is 0 Å². The summed E-state index contributed by atoms with van der Waals surface area (Å²) in [6.07, 6.45) is 0.649. The van der Waals surface area contributed by atoms with Crippen LogP contribution < -0.4 is 0 Å². The highest BCUT2D eigenvalue weighted by atomic mass is 79.9. The van der Waals surface area contributed by atoms with Crippen molar-refractivity contribution in [1.82, 2.24) is 4.90 Å². The molecule has 2 amide bonds. The molecule has 124 valence electrons. The minimum Gasteiger partial charge on any atom is -0.468 e. The molecule has 0 saturated heterocycles. The summed E-state index contributed by atoms with van der Waals surface area (Å²) in [6, 6.07) is 6.78. The molecule has 6 nitrogen and oxygen atoms in total. The van der Waals surface area contributed by atoms with Crippen molar-refractivity contribution in [3.05, 3.63) is 35.4 Å². The Bertz CT molecular complexity index is 583. The molecule has 1 aliphatic heterocycles. The van der Waals surface area contributed by atoms with E-state index >= 15 is 0 Å². The van der Waals surface area contributed by atoms with Gasteiger partial charge in [-0.2, -0.15) is 0 Å². The molecular formula is C16H18BrNO5. The monoisotopic (exact) mass is 383 g/mol. The maximum absolute atomic E-state index is 12.2. The van der Waals surface area contributed by atoms with Gasteiger partial charge in [0.05, 0.1) is 24.3 Å². The number of carbonyl (C=O) groups excluding carboxylic acids is 3. The maximum Gasteiger partial charge on any atom is 0.322 e. The number of benzene rings is 1. The number of hydrogen-bond donors (Lipinski definition) is 0. The number of nitrogens with zero attached hydrogens (tertiary/aromatic N) is 1. The number of esters is 1. The lowest BCUT2D eigenvalue weighted by molar-refractivity contribution is -0.142. The molecule has 1 aromatic carbocycles.